The second-order valence-corrected chi connectivity index (χ2v) is 6.25. The number of piperazine rings is 1. The molecule has 1 aliphatic heterocycles. The van der Waals surface area contributed by atoms with Crippen LogP contribution in [0.1, 0.15) is 19.4 Å². The third-order valence-electron chi connectivity index (χ3n) is 3.77. The molecule has 7 heteroatoms. The second-order valence-electron chi connectivity index (χ2n) is 5.40. The Kier molecular flexibility index (Phi) is 6.38. The number of guanidine groups is 1. The molecule has 0 bridgehead atoms. The zero-order valence-corrected chi connectivity index (χ0v) is 15.1. The number of halogens is 2. The number of nitrogens with one attached hydrogen (secondary N) is 1. The van der Waals surface area contributed by atoms with Crippen LogP contribution in [0, 0.1) is 5.82 Å². The summed E-state index contributed by atoms with van der Waals surface area (Å²) in [6.07, 6.45) is 0. The molecule has 1 fully saturated rings. The van der Waals surface area contributed by atoms with Gasteiger partial charge >= 0.3 is 0 Å². The highest BCUT2D eigenvalue weighted by Crippen LogP contribution is 2.18. The summed E-state index contributed by atoms with van der Waals surface area (Å²) in [6.45, 7) is 7.65. The van der Waals surface area contributed by atoms with Crippen molar-refractivity contribution in [2.75, 3.05) is 32.7 Å². The van der Waals surface area contributed by atoms with E-state index in [2.05, 4.69) is 31.1 Å². The highest BCUT2D eigenvalue weighted by atomic mass is 79.9. The van der Waals surface area contributed by atoms with Crippen molar-refractivity contribution < 1.29 is 9.18 Å². The summed E-state index contributed by atoms with van der Waals surface area (Å²) in [4.78, 5) is 20.0. The van der Waals surface area contributed by atoms with Crippen LogP contribution < -0.4 is 5.32 Å². The van der Waals surface area contributed by atoms with Gasteiger partial charge in [0.05, 0.1) is 6.54 Å². The van der Waals surface area contributed by atoms with E-state index in [1.54, 1.807) is 13.0 Å². The van der Waals surface area contributed by atoms with Gasteiger partial charge in [-0.2, -0.15) is 0 Å². The van der Waals surface area contributed by atoms with E-state index in [4.69, 9.17) is 0 Å². The fourth-order valence-electron chi connectivity index (χ4n) is 2.48. The summed E-state index contributed by atoms with van der Waals surface area (Å²) in [7, 11) is 0. The molecular formula is C16H22BrFN4O. The first-order valence-electron chi connectivity index (χ1n) is 7.74. The average Bonchev–Trinajstić information content (AvgIpc) is 2.54. The first-order valence-corrected chi connectivity index (χ1v) is 8.53. The molecule has 0 saturated carbocycles. The summed E-state index contributed by atoms with van der Waals surface area (Å²) >= 11 is 3.43. The van der Waals surface area contributed by atoms with Gasteiger partial charge in [-0.05, 0) is 30.7 Å². The largest absolute Gasteiger partial charge is 0.357 e. The third kappa shape index (κ3) is 4.92. The van der Waals surface area contributed by atoms with Crippen molar-refractivity contribution in [3.63, 3.8) is 0 Å². The van der Waals surface area contributed by atoms with Gasteiger partial charge in [0.1, 0.15) is 5.82 Å². The summed E-state index contributed by atoms with van der Waals surface area (Å²) in [5, 5.41) is 3.26. The predicted molar refractivity (Wildman–Crippen MR) is 92.7 cm³/mol. The Hall–Kier alpha value is -1.63. The van der Waals surface area contributed by atoms with E-state index in [-0.39, 0.29) is 11.7 Å². The number of carbonyl (C=O) groups excluding carboxylic acids is 1. The lowest BCUT2D eigenvalue weighted by Gasteiger charge is -2.36. The molecule has 126 valence electrons. The number of hydrogen-bond acceptors (Lipinski definition) is 2. The molecule has 0 unspecified atom stereocenters. The maximum Gasteiger partial charge on any atom is 0.219 e. The van der Waals surface area contributed by atoms with E-state index >= 15 is 0 Å². The number of nitrogens with zero attached hydrogens (tertiary/aromatic N) is 3. The van der Waals surface area contributed by atoms with E-state index in [1.165, 1.54) is 12.1 Å². The van der Waals surface area contributed by atoms with Crippen LogP contribution in [0.4, 0.5) is 4.39 Å². The zero-order chi connectivity index (χ0) is 16.8. The van der Waals surface area contributed by atoms with Gasteiger partial charge in [0.2, 0.25) is 5.91 Å². The van der Waals surface area contributed by atoms with Crippen LogP contribution in [0.2, 0.25) is 0 Å². The molecule has 0 radical (unpaired) electrons. The summed E-state index contributed by atoms with van der Waals surface area (Å²) in [5.41, 5.74) is 0.808. The second kappa shape index (κ2) is 8.29. The number of carbonyl (C=O) groups is 1. The monoisotopic (exact) mass is 384 g/mol. The number of hydrogen-bond donors (Lipinski definition) is 1. The molecule has 0 spiro atoms. The summed E-state index contributed by atoms with van der Waals surface area (Å²) < 4.78 is 14.2. The topological polar surface area (TPSA) is 47.9 Å². The molecule has 1 aromatic carbocycles. The van der Waals surface area contributed by atoms with Crippen LogP contribution in [-0.2, 0) is 11.3 Å². The minimum atomic E-state index is -0.265. The van der Waals surface area contributed by atoms with Crippen molar-refractivity contribution in [3.8, 4) is 0 Å². The maximum absolute atomic E-state index is 13.4. The Morgan fingerprint density at radius 2 is 1.96 bits per heavy atom. The Morgan fingerprint density at radius 3 is 2.57 bits per heavy atom. The number of benzene rings is 1. The standard InChI is InChI=1S/C16H22BrFN4O/c1-3-19-16(22-8-6-21(7-9-22)12(2)23)20-11-13-10-14(18)4-5-15(13)17/h4-5,10H,3,6-9,11H2,1-2H3,(H,19,20). The van der Waals surface area contributed by atoms with Crippen molar-refractivity contribution in [1.29, 1.82) is 0 Å². The molecule has 5 nitrogen and oxygen atoms in total. The molecule has 1 saturated heterocycles. The number of amides is 1. The smallest absolute Gasteiger partial charge is 0.219 e. The molecular weight excluding hydrogens is 363 g/mol. The van der Waals surface area contributed by atoms with E-state index in [9.17, 15) is 9.18 Å². The molecule has 23 heavy (non-hydrogen) atoms. The minimum absolute atomic E-state index is 0.107. The van der Waals surface area contributed by atoms with E-state index in [1.807, 2.05) is 11.8 Å². The molecule has 1 amide bonds. The van der Waals surface area contributed by atoms with E-state index in [0.29, 0.717) is 19.6 Å². The highest BCUT2D eigenvalue weighted by Gasteiger charge is 2.20. The summed E-state index contributed by atoms with van der Waals surface area (Å²) in [5.74, 6) is 0.639. The zero-order valence-electron chi connectivity index (χ0n) is 13.5. The van der Waals surface area contributed by atoms with Crippen LogP contribution in [-0.4, -0.2) is 54.4 Å². The van der Waals surface area contributed by atoms with Crippen molar-refractivity contribution in [2.24, 2.45) is 4.99 Å². The number of rotatable bonds is 3. The van der Waals surface area contributed by atoms with Gasteiger partial charge in [-0.25, -0.2) is 9.38 Å². The fraction of sp³-hybridized carbons (Fsp3) is 0.500. The fourth-order valence-corrected chi connectivity index (χ4v) is 2.86. The Bertz CT molecular complexity index is 585. The Balaban J connectivity index is 2.06. The number of aliphatic imine (C=N–C) groups is 1. The lowest BCUT2D eigenvalue weighted by atomic mass is 10.2. The molecule has 1 aliphatic rings. The van der Waals surface area contributed by atoms with Crippen LogP contribution >= 0.6 is 15.9 Å². The highest BCUT2D eigenvalue weighted by molar-refractivity contribution is 9.10. The van der Waals surface area contributed by atoms with Crippen molar-refractivity contribution >= 4 is 27.8 Å². The molecule has 1 heterocycles. The van der Waals surface area contributed by atoms with Crippen LogP contribution in [0.25, 0.3) is 0 Å². The lowest BCUT2D eigenvalue weighted by Crippen LogP contribution is -2.53. The van der Waals surface area contributed by atoms with Crippen molar-refractivity contribution in [3.05, 3.63) is 34.1 Å². The first kappa shape index (κ1) is 17.7. The quantitative estimate of drug-likeness (QED) is 0.641. The van der Waals surface area contributed by atoms with Gasteiger partial charge < -0.3 is 15.1 Å². The molecule has 1 N–H and O–H groups in total. The normalized spacial score (nSPS) is 15.7. The Labute approximate surface area is 144 Å². The van der Waals surface area contributed by atoms with Crippen LogP contribution in [0.3, 0.4) is 0 Å². The van der Waals surface area contributed by atoms with Gasteiger partial charge in [-0.1, -0.05) is 15.9 Å². The van der Waals surface area contributed by atoms with Gasteiger partial charge in [0.25, 0.3) is 0 Å². The van der Waals surface area contributed by atoms with Gasteiger partial charge in [0.15, 0.2) is 5.96 Å². The van der Waals surface area contributed by atoms with Gasteiger partial charge in [-0.3, -0.25) is 4.79 Å². The lowest BCUT2D eigenvalue weighted by molar-refractivity contribution is -0.130. The van der Waals surface area contributed by atoms with Gasteiger partial charge in [0, 0.05) is 44.1 Å². The van der Waals surface area contributed by atoms with E-state index < -0.39 is 0 Å². The van der Waals surface area contributed by atoms with E-state index in [0.717, 1.165) is 35.6 Å². The molecule has 2 rings (SSSR count). The molecule has 0 aliphatic carbocycles. The predicted octanol–water partition coefficient (Wildman–Crippen LogP) is 2.22. The minimum Gasteiger partial charge on any atom is -0.357 e. The van der Waals surface area contributed by atoms with Crippen molar-refractivity contribution in [1.82, 2.24) is 15.1 Å². The molecule has 0 aromatic heterocycles. The molecule has 1 aromatic rings. The Morgan fingerprint density at radius 1 is 1.30 bits per heavy atom. The maximum atomic E-state index is 13.4. The summed E-state index contributed by atoms with van der Waals surface area (Å²) in [6, 6.07) is 4.60. The average molecular weight is 385 g/mol. The van der Waals surface area contributed by atoms with Gasteiger partial charge in [-0.15, -0.1) is 0 Å². The first-order chi connectivity index (χ1) is 11.0. The molecule has 0 atom stereocenters. The van der Waals surface area contributed by atoms with Crippen LogP contribution in [0.5, 0.6) is 0 Å². The van der Waals surface area contributed by atoms with Crippen LogP contribution in [0.15, 0.2) is 27.7 Å². The SMILES string of the molecule is CCNC(=NCc1cc(F)ccc1Br)N1CCN(C(C)=O)CC1. The van der Waals surface area contributed by atoms with Crippen molar-refractivity contribution in [2.45, 2.75) is 20.4 Å². The third-order valence-corrected chi connectivity index (χ3v) is 4.54.